The van der Waals surface area contributed by atoms with E-state index < -0.39 is 6.09 Å². The van der Waals surface area contributed by atoms with E-state index in [-0.39, 0.29) is 25.1 Å². The molecule has 0 aliphatic carbocycles. The molecule has 0 aromatic heterocycles. The largest absolute Gasteiger partial charge is 0.445 e. The molecule has 2 amide bonds. The van der Waals surface area contributed by atoms with Gasteiger partial charge in [0.25, 0.3) is 0 Å². The average Bonchev–Trinajstić information content (AvgIpc) is 2.12. The van der Waals surface area contributed by atoms with Crippen molar-refractivity contribution in [2.24, 2.45) is 0 Å². The zero-order valence-corrected chi connectivity index (χ0v) is 7.76. The first kappa shape index (κ1) is 11.8. The van der Waals surface area contributed by atoms with Crippen LogP contribution in [0.15, 0.2) is 12.7 Å². The first-order valence-electron chi connectivity index (χ1n) is 3.55. The molecule has 0 unspecified atom stereocenters. The second-order valence-corrected chi connectivity index (χ2v) is 2.24. The van der Waals surface area contributed by atoms with Crippen LogP contribution in [0.2, 0.25) is 0 Å². The van der Waals surface area contributed by atoms with Crippen molar-refractivity contribution in [3.63, 3.8) is 0 Å². The SMILES string of the molecule is C=CCOC(=O)NCC(=O)NCCl. The maximum atomic E-state index is 10.7. The van der Waals surface area contributed by atoms with Gasteiger partial charge < -0.3 is 15.4 Å². The Labute approximate surface area is 81.1 Å². The summed E-state index contributed by atoms with van der Waals surface area (Å²) in [4.78, 5) is 21.5. The van der Waals surface area contributed by atoms with Crippen molar-refractivity contribution in [1.29, 1.82) is 0 Å². The summed E-state index contributed by atoms with van der Waals surface area (Å²) in [5, 5.41) is 4.52. The molecule has 0 saturated heterocycles. The van der Waals surface area contributed by atoms with E-state index in [1.807, 2.05) is 0 Å². The number of alkyl halides is 1. The van der Waals surface area contributed by atoms with Gasteiger partial charge in [-0.15, -0.1) is 11.6 Å². The monoisotopic (exact) mass is 206 g/mol. The van der Waals surface area contributed by atoms with Crippen LogP contribution in [0.5, 0.6) is 0 Å². The molecule has 0 aliphatic rings. The van der Waals surface area contributed by atoms with Gasteiger partial charge in [0.1, 0.15) is 13.2 Å². The van der Waals surface area contributed by atoms with Crippen molar-refractivity contribution < 1.29 is 14.3 Å². The standard InChI is InChI=1S/C7H11ClN2O3/c1-2-3-13-7(12)9-4-6(11)10-5-8/h2H,1,3-5H2,(H,9,12)(H,10,11). The molecule has 0 rings (SSSR count). The minimum atomic E-state index is -0.662. The quantitative estimate of drug-likeness (QED) is 0.384. The van der Waals surface area contributed by atoms with E-state index in [9.17, 15) is 9.59 Å². The number of ether oxygens (including phenoxy) is 1. The molecule has 0 aromatic carbocycles. The fraction of sp³-hybridized carbons (Fsp3) is 0.429. The summed E-state index contributed by atoms with van der Waals surface area (Å²) in [6.07, 6.45) is 0.767. The summed E-state index contributed by atoms with van der Waals surface area (Å²) in [7, 11) is 0. The maximum Gasteiger partial charge on any atom is 0.407 e. The maximum absolute atomic E-state index is 10.7. The van der Waals surface area contributed by atoms with Crippen LogP contribution in [-0.4, -0.2) is 31.2 Å². The van der Waals surface area contributed by atoms with Crippen LogP contribution < -0.4 is 10.6 Å². The van der Waals surface area contributed by atoms with E-state index in [2.05, 4.69) is 21.9 Å². The molecule has 0 heterocycles. The minimum Gasteiger partial charge on any atom is -0.445 e. The molecule has 0 radical (unpaired) electrons. The Kier molecular flexibility index (Phi) is 6.72. The highest BCUT2D eigenvalue weighted by molar-refractivity contribution is 6.18. The molecule has 0 aliphatic heterocycles. The summed E-state index contributed by atoms with van der Waals surface area (Å²) in [5.74, 6) is -0.370. The topological polar surface area (TPSA) is 67.4 Å². The van der Waals surface area contributed by atoms with Crippen molar-refractivity contribution in [2.45, 2.75) is 0 Å². The molecular formula is C7H11ClN2O3. The number of nitrogens with one attached hydrogen (secondary N) is 2. The van der Waals surface area contributed by atoms with Gasteiger partial charge in [0.15, 0.2) is 0 Å². The van der Waals surface area contributed by atoms with Crippen LogP contribution in [0.3, 0.4) is 0 Å². The molecule has 0 saturated carbocycles. The lowest BCUT2D eigenvalue weighted by molar-refractivity contribution is -0.119. The average molecular weight is 207 g/mol. The lowest BCUT2D eigenvalue weighted by Gasteiger charge is -2.04. The molecule has 13 heavy (non-hydrogen) atoms. The molecule has 6 heteroatoms. The third-order valence-corrected chi connectivity index (χ3v) is 1.12. The van der Waals surface area contributed by atoms with Gasteiger partial charge >= 0.3 is 6.09 Å². The zero-order chi connectivity index (χ0) is 10.1. The number of carbonyl (C=O) groups is 2. The van der Waals surface area contributed by atoms with Crippen molar-refractivity contribution in [3.05, 3.63) is 12.7 Å². The van der Waals surface area contributed by atoms with Gasteiger partial charge in [0.2, 0.25) is 5.91 Å². The molecular weight excluding hydrogens is 196 g/mol. The van der Waals surface area contributed by atoms with Crippen LogP contribution in [0.25, 0.3) is 0 Å². The summed E-state index contributed by atoms with van der Waals surface area (Å²) >= 11 is 5.21. The Morgan fingerprint density at radius 1 is 1.46 bits per heavy atom. The van der Waals surface area contributed by atoms with Crippen molar-refractivity contribution >= 4 is 23.6 Å². The molecule has 0 spiro atoms. The zero-order valence-electron chi connectivity index (χ0n) is 7.01. The predicted octanol–water partition coefficient (Wildman–Crippen LogP) is 0.211. The first-order valence-corrected chi connectivity index (χ1v) is 4.08. The van der Waals surface area contributed by atoms with Crippen LogP contribution in [0.4, 0.5) is 4.79 Å². The molecule has 0 aromatic rings. The van der Waals surface area contributed by atoms with E-state index in [4.69, 9.17) is 11.6 Å². The Balaban J connectivity index is 3.45. The highest BCUT2D eigenvalue weighted by atomic mass is 35.5. The number of rotatable bonds is 5. The normalized spacial score (nSPS) is 8.69. The lowest BCUT2D eigenvalue weighted by Crippen LogP contribution is -2.36. The van der Waals surface area contributed by atoms with Gasteiger partial charge in [0.05, 0.1) is 6.00 Å². The van der Waals surface area contributed by atoms with Crippen LogP contribution >= 0.6 is 11.6 Å². The molecule has 2 N–H and O–H groups in total. The summed E-state index contributed by atoms with van der Waals surface area (Å²) < 4.78 is 4.54. The van der Waals surface area contributed by atoms with Crippen LogP contribution in [-0.2, 0) is 9.53 Å². The van der Waals surface area contributed by atoms with E-state index in [1.54, 1.807) is 0 Å². The van der Waals surface area contributed by atoms with E-state index in [1.165, 1.54) is 6.08 Å². The second-order valence-electron chi connectivity index (χ2n) is 1.97. The smallest absolute Gasteiger partial charge is 0.407 e. The number of carbonyl (C=O) groups excluding carboxylic acids is 2. The third-order valence-electron chi connectivity index (χ3n) is 0.990. The molecule has 0 fully saturated rings. The van der Waals surface area contributed by atoms with Crippen LogP contribution in [0, 0.1) is 0 Å². The van der Waals surface area contributed by atoms with Gasteiger partial charge in [-0.05, 0) is 0 Å². The van der Waals surface area contributed by atoms with Gasteiger partial charge in [-0.2, -0.15) is 0 Å². The van der Waals surface area contributed by atoms with Crippen LogP contribution in [0.1, 0.15) is 0 Å². The van der Waals surface area contributed by atoms with Crippen molar-refractivity contribution in [1.82, 2.24) is 10.6 Å². The van der Waals surface area contributed by atoms with Crippen molar-refractivity contribution in [2.75, 3.05) is 19.2 Å². The third kappa shape index (κ3) is 7.14. The highest BCUT2D eigenvalue weighted by Gasteiger charge is 2.03. The molecule has 74 valence electrons. The fourth-order valence-electron chi connectivity index (χ4n) is 0.475. The molecule has 5 nitrogen and oxygen atoms in total. The Morgan fingerprint density at radius 2 is 2.15 bits per heavy atom. The summed E-state index contributed by atoms with van der Waals surface area (Å²) in [5.41, 5.74) is 0. The van der Waals surface area contributed by atoms with Gasteiger partial charge in [0, 0.05) is 0 Å². The number of alkyl carbamates (subject to hydrolysis) is 1. The fourth-order valence-corrected chi connectivity index (χ4v) is 0.624. The molecule has 0 bridgehead atoms. The first-order chi connectivity index (χ1) is 6.20. The Bertz CT molecular complexity index is 196. The van der Waals surface area contributed by atoms with Crippen molar-refractivity contribution in [3.8, 4) is 0 Å². The predicted molar refractivity (Wildman–Crippen MR) is 48.4 cm³/mol. The highest BCUT2D eigenvalue weighted by Crippen LogP contribution is 1.77. The van der Waals surface area contributed by atoms with Gasteiger partial charge in [-0.3, -0.25) is 4.79 Å². The Morgan fingerprint density at radius 3 is 2.69 bits per heavy atom. The van der Waals surface area contributed by atoms with E-state index in [0.717, 1.165) is 0 Å². The summed E-state index contributed by atoms with van der Waals surface area (Å²) in [6.45, 7) is 3.32. The summed E-state index contributed by atoms with van der Waals surface area (Å²) in [6, 6.07) is 0.0161. The number of amides is 2. The van der Waals surface area contributed by atoms with Gasteiger partial charge in [-0.25, -0.2) is 4.79 Å². The lowest BCUT2D eigenvalue weighted by atomic mass is 10.6. The number of hydrogen-bond acceptors (Lipinski definition) is 3. The molecule has 0 atom stereocenters. The minimum absolute atomic E-state index is 0.0161. The number of halogens is 1. The second kappa shape index (κ2) is 7.42. The van der Waals surface area contributed by atoms with E-state index >= 15 is 0 Å². The van der Waals surface area contributed by atoms with E-state index in [0.29, 0.717) is 0 Å². The number of hydrogen-bond donors (Lipinski definition) is 2. The van der Waals surface area contributed by atoms with Gasteiger partial charge in [-0.1, -0.05) is 12.7 Å². The Hall–Kier alpha value is -1.23.